The molecule has 5 heteroatoms. The molecule has 0 amide bonds. The van der Waals surface area contributed by atoms with Crippen LogP contribution >= 0.6 is 0 Å². The molecule has 0 aliphatic rings. The van der Waals surface area contributed by atoms with Crippen LogP contribution in [-0.4, -0.2) is 6.61 Å². The van der Waals surface area contributed by atoms with Crippen LogP contribution in [-0.2, 0) is 9.78 Å². The van der Waals surface area contributed by atoms with E-state index in [1.54, 1.807) is 0 Å². The van der Waals surface area contributed by atoms with Gasteiger partial charge in [-0.25, -0.2) is 10.8 Å². The van der Waals surface area contributed by atoms with Gasteiger partial charge in [-0.1, -0.05) is 0 Å². The molecule has 0 saturated heterocycles. The van der Waals surface area contributed by atoms with Gasteiger partial charge in [-0.05, 0) is 6.92 Å². The second-order valence-electron chi connectivity index (χ2n) is 0.591. The summed E-state index contributed by atoms with van der Waals surface area (Å²) >= 11 is 0. The predicted octanol–water partition coefficient (Wildman–Crippen LogP) is -1.35. The molecule has 0 radical (unpaired) electrons. The smallest absolute Gasteiger partial charge is 0.0651 e. The summed E-state index contributed by atoms with van der Waals surface area (Å²) in [5, 5.41) is 0. The molecule has 0 fully saturated rings. The second kappa shape index (κ2) is 17.0. The van der Waals surface area contributed by atoms with Crippen LogP contribution in [0.5, 0.6) is 0 Å². The SMILES string of the molecule is CCON.NON. The zero-order valence-electron chi connectivity index (χ0n) is 4.26. The Hall–Kier alpha value is -0.200. The molecule has 0 heterocycles. The summed E-state index contributed by atoms with van der Waals surface area (Å²) in [7, 11) is 0. The van der Waals surface area contributed by atoms with Gasteiger partial charge in [-0.3, -0.25) is 0 Å². The first kappa shape index (κ1) is 9.93. The Labute approximate surface area is 42.2 Å². The van der Waals surface area contributed by atoms with Gasteiger partial charge in [0.15, 0.2) is 0 Å². The number of hydrogen-bond acceptors (Lipinski definition) is 5. The molecule has 0 spiro atoms. The fraction of sp³-hybridized carbons (Fsp3) is 1.00. The molecule has 0 aromatic carbocycles. The minimum Gasteiger partial charge on any atom is -0.305 e. The molecule has 0 aromatic rings. The summed E-state index contributed by atoms with van der Waals surface area (Å²) in [6, 6.07) is 0. The van der Waals surface area contributed by atoms with Crippen LogP contribution in [0.3, 0.4) is 0 Å². The highest BCUT2D eigenvalue weighted by Crippen LogP contribution is 1.46. The van der Waals surface area contributed by atoms with Gasteiger partial charge < -0.3 is 4.84 Å². The molecule has 0 aliphatic carbocycles. The number of hydrogen-bond donors (Lipinski definition) is 3. The summed E-state index contributed by atoms with van der Waals surface area (Å²) in [6.07, 6.45) is 0. The Balaban J connectivity index is 0. The van der Waals surface area contributed by atoms with E-state index in [4.69, 9.17) is 0 Å². The number of rotatable bonds is 1. The van der Waals surface area contributed by atoms with E-state index in [0.29, 0.717) is 6.61 Å². The van der Waals surface area contributed by atoms with Gasteiger partial charge in [-0.2, -0.15) is 11.8 Å². The summed E-state index contributed by atoms with van der Waals surface area (Å²) in [4.78, 5) is 7.29. The van der Waals surface area contributed by atoms with Crippen LogP contribution in [0.25, 0.3) is 0 Å². The molecule has 0 aromatic heterocycles. The molecule has 0 rings (SSSR count). The maximum atomic E-state index is 4.53. The molecule has 7 heavy (non-hydrogen) atoms. The molecule has 0 unspecified atom stereocenters. The summed E-state index contributed by atoms with van der Waals surface area (Å²) in [5.74, 6) is 12.8. The van der Waals surface area contributed by atoms with E-state index in [2.05, 4.69) is 27.5 Å². The van der Waals surface area contributed by atoms with Crippen molar-refractivity contribution >= 4 is 0 Å². The van der Waals surface area contributed by atoms with E-state index in [1.807, 2.05) is 6.92 Å². The van der Waals surface area contributed by atoms with Gasteiger partial charge in [0.1, 0.15) is 0 Å². The van der Waals surface area contributed by atoms with E-state index in [1.165, 1.54) is 0 Å². The van der Waals surface area contributed by atoms with Crippen LogP contribution in [0.4, 0.5) is 0 Å². The van der Waals surface area contributed by atoms with Crippen LogP contribution in [0.15, 0.2) is 0 Å². The Morgan fingerprint density at radius 3 is 1.43 bits per heavy atom. The van der Waals surface area contributed by atoms with Gasteiger partial charge in [0.2, 0.25) is 0 Å². The topological polar surface area (TPSA) is 96.5 Å². The molecule has 0 aliphatic heterocycles. The predicted molar refractivity (Wildman–Crippen MR) is 25.3 cm³/mol. The number of nitrogens with two attached hydrogens (primary N) is 3. The zero-order chi connectivity index (χ0) is 6.12. The third kappa shape index (κ3) is 131. The van der Waals surface area contributed by atoms with Gasteiger partial charge in [0.05, 0.1) is 6.61 Å². The van der Waals surface area contributed by atoms with E-state index >= 15 is 0 Å². The first-order valence-electron chi connectivity index (χ1n) is 1.70. The van der Waals surface area contributed by atoms with Crippen molar-refractivity contribution in [2.45, 2.75) is 6.92 Å². The highest BCUT2D eigenvalue weighted by molar-refractivity contribution is 3.91. The molecular formula is C2H11N3O2. The summed E-state index contributed by atoms with van der Waals surface area (Å²) < 4.78 is 0. The van der Waals surface area contributed by atoms with Gasteiger partial charge in [0.25, 0.3) is 0 Å². The first-order chi connectivity index (χ1) is 3.33. The van der Waals surface area contributed by atoms with Crippen molar-refractivity contribution in [2.24, 2.45) is 17.7 Å². The van der Waals surface area contributed by atoms with Gasteiger partial charge in [0, 0.05) is 0 Å². The Morgan fingerprint density at radius 1 is 1.29 bits per heavy atom. The highest BCUT2D eigenvalue weighted by Gasteiger charge is 1.52. The van der Waals surface area contributed by atoms with Crippen LogP contribution in [0.1, 0.15) is 6.92 Å². The molecular weight excluding hydrogens is 98.0 g/mol. The normalized spacial score (nSPS) is 6.86. The Morgan fingerprint density at radius 2 is 1.43 bits per heavy atom. The average molecular weight is 109 g/mol. The molecule has 5 nitrogen and oxygen atoms in total. The third-order valence-corrected chi connectivity index (χ3v) is 0.167. The maximum Gasteiger partial charge on any atom is 0.0651 e. The standard InChI is InChI=1S/C2H7NO.H4N2O/c1-2-4-3;1-3-2/h2-3H2,1H3;1-2H2. The van der Waals surface area contributed by atoms with Crippen molar-refractivity contribution in [1.82, 2.24) is 0 Å². The lowest BCUT2D eigenvalue weighted by atomic mass is 10.9. The van der Waals surface area contributed by atoms with Crippen molar-refractivity contribution in [2.75, 3.05) is 6.61 Å². The largest absolute Gasteiger partial charge is 0.305 e. The van der Waals surface area contributed by atoms with Crippen molar-refractivity contribution in [1.29, 1.82) is 0 Å². The first-order valence-corrected chi connectivity index (χ1v) is 1.70. The van der Waals surface area contributed by atoms with Crippen molar-refractivity contribution < 1.29 is 9.78 Å². The minimum absolute atomic E-state index is 0.597. The Bertz CT molecular complexity index is 18.4. The van der Waals surface area contributed by atoms with E-state index in [0.717, 1.165) is 0 Å². The van der Waals surface area contributed by atoms with E-state index in [-0.39, 0.29) is 0 Å². The fourth-order valence-corrected chi connectivity index (χ4v) is 0. The molecule has 46 valence electrons. The van der Waals surface area contributed by atoms with Crippen molar-refractivity contribution in [3.05, 3.63) is 0 Å². The lowest BCUT2D eigenvalue weighted by Crippen LogP contribution is -2.03. The lowest BCUT2D eigenvalue weighted by molar-refractivity contribution is 0.142. The molecule has 0 saturated carbocycles. The maximum absolute atomic E-state index is 4.53. The molecule has 0 bridgehead atoms. The summed E-state index contributed by atoms with van der Waals surface area (Å²) in [5.41, 5.74) is 0. The lowest BCUT2D eigenvalue weighted by Gasteiger charge is -1.76. The van der Waals surface area contributed by atoms with Crippen LogP contribution in [0, 0.1) is 0 Å². The third-order valence-electron chi connectivity index (χ3n) is 0.167. The highest BCUT2D eigenvalue weighted by atomic mass is 16.7. The molecule has 0 atom stereocenters. The van der Waals surface area contributed by atoms with E-state index in [9.17, 15) is 0 Å². The average Bonchev–Trinajstić information content (AvgIpc) is 1.69. The quantitative estimate of drug-likeness (QED) is 0.361. The van der Waals surface area contributed by atoms with Crippen molar-refractivity contribution in [3.63, 3.8) is 0 Å². The van der Waals surface area contributed by atoms with Crippen molar-refractivity contribution in [3.8, 4) is 0 Å². The van der Waals surface area contributed by atoms with E-state index < -0.39 is 0 Å². The van der Waals surface area contributed by atoms with Crippen LogP contribution in [0.2, 0.25) is 0 Å². The Kier molecular flexibility index (Phi) is 24.2. The summed E-state index contributed by atoms with van der Waals surface area (Å²) in [6.45, 7) is 2.43. The minimum atomic E-state index is 0.597. The fourth-order valence-electron chi connectivity index (χ4n) is 0. The zero-order valence-corrected chi connectivity index (χ0v) is 4.26. The van der Waals surface area contributed by atoms with Crippen LogP contribution < -0.4 is 17.7 Å². The second-order valence-corrected chi connectivity index (χ2v) is 0.591. The molecule has 6 N–H and O–H groups in total. The van der Waals surface area contributed by atoms with Gasteiger partial charge >= 0.3 is 0 Å². The van der Waals surface area contributed by atoms with Gasteiger partial charge in [-0.15, -0.1) is 0 Å². The monoisotopic (exact) mass is 109 g/mol.